The third-order valence-corrected chi connectivity index (χ3v) is 4.34. The lowest BCUT2D eigenvalue weighted by molar-refractivity contribution is -0.113. The summed E-state index contributed by atoms with van der Waals surface area (Å²) >= 11 is 1.18. The maximum absolute atomic E-state index is 12.2. The van der Waals surface area contributed by atoms with Crippen molar-refractivity contribution in [3.8, 4) is 11.5 Å². The molecule has 1 aliphatic rings. The van der Waals surface area contributed by atoms with Crippen LogP contribution in [0.3, 0.4) is 0 Å². The third kappa shape index (κ3) is 4.45. The zero-order valence-corrected chi connectivity index (χ0v) is 15.2. The summed E-state index contributed by atoms with van der Waals surface area (Å²) in [5, 5.41) is 3.24. The summed E-state index contributed by atoms with van der Waals surface area (Å²) in [6.07, 6.45) is 1.35. The van der Waals surface area contributed by atoms with Gasteiger partial charge in [-0.05, 0) is 38.1 Å². The highest BCUT2D eigenvalue weighted by atomic mass is 32.2. The Morgan fingerprint density at radius 3 is 2.88 bits per heavy atom. The van der Waals surface area contributed by atoms with E-state index in [4.69, 9.17) is 14.2 Å². The summed E-state index contributed by atoms with van der Waals surface area (Å²) in [5.74, 6) is 0.681. The van der Waals surface area contributed by atoms with Crippen molar-refractivity contribution in [3.05, 3.63) is 42.1 Å². The van der Waals surface area contributed by atoms with Crippen LogP contribution in [-0.2, 0) is 9.53 Å². The molecule has 0 unspecified atom stereocenters. The van der Waals surface area contributed by atoms with Gasteiger partial charge in [0.15, 0.2) is 11.5 Å². The molecule has 0 saturated carbocycles. The molecule has 2 heterocycles. The van der Waals surface area contributed by atoms with Gasteiger partial charge in [0.2, 0.25) is 12.7 Å². The third-order valence-electron chi connectivity index (χ3n) is 3.33. The monoisotopic (exact) mass is 374 g/mol. The summed E-state index contributed by atoms with van der Waals surface area (Å²) < 4.78 is 15.7. The molecule has 3 rings (SSSR count). The van der Waals surface area contributed by atoms with Crippen LogP contribution < -0.4 is 14.8 Å². The minimum atomic E-state index is -0.452. The quantitative estimate of drug-likeness (QED) is 0.614. The fourth-order valence-corrected chi connectivity index (χ4v) is 3.03. The number of amides is 1. The molecule has 0 atom stereocenters. The molecule has 7 nitrogen and oxygen atoms in total. The maximum Gasteiger partial charge on any atom is 0.341 e. The molecule has 1 amide bonds. The van der Waals surface area contributed by atoms with Crippen LogP contribution in [-0.4, -0.2) is 35.5 Å². The molecule has 0 aliphatic carbocycles. The topological polar surface area (TPSA) is 86.8 Å². The number of hydrogen-bond donors (Lipinski definition) is 1. The molecule has 26 heavy (non-hydrogen) atoms. The van der Waals surface area contributed by atoms with Crippen LogP contribution in [0, 0.1) is 0 Å². The van der Waals surface area contributed by atoms with Crippen LogP contribution in [0.2, 0.25) is 0 Å². The minimum Gasteiger partial charge on any atom is -0.459 e. The first-order valence-electron chi connectivity index (χ1n) is 8.01. The van der Waals surface area contributed by atoms with Gasteiger partial charge in [-0.25, -0.2) is 9.78 Å². The lowest BCUT2D eigenvalue weighted by Crippen LogP contribution is -2.16. The van der Waals surface area contributed by atoms with Gasteiger partial charge in [0.25, 0.3) is 0 Å². The van der Waals surface area contributed by atoms with Gasteiger partial charge in [-0.2, -0.15) is 0 Å². The molecule has 0 fully saturated rings. The molecule has 1 aliphatic heterocycles. The lowest BCUT2D eigenvalue weighted by atomic mass is 10.3. The van der Waals surface area contributed by atoms with Crippen LogP contribution in [0.4, 0.5) is 5.69 Å². The van der Waals surface area contributed by atoms with E-state index >= 15 is 0 Å². The molecule has 136 valence electrons. The predicted molar refractivity (Wildman–Crippen MR) is 96.7 cm³/mol. The van der Waals surface area contributed by atoms with Gasteiger partial charge < -0.3 is 19.5 Å². The summed E-state index contributed by atoms with van der Waals surface area (Å²) in [6.45, 7) is 3.73. The molecule has 1 aromatic heterocycles. The molecule has 1 N–H and O–H groups in total. The fourth-order valence-electron chi connectivity index (χ4n) is 2.24. The number of rotatable bonds is 6. The van der Waals surface area contributed by atoms with Crippen LogP contribution >= 0.6 is 11.8 Å². The molecule has 0 spiro atoms. The van der Waals surface area contributed by atoms with E-state index in [0.29, 0.717) is 27.8 Å². The minimum absolute atomic E-state index is 0.105. The van der Waals surface area contributed by atoms with Crippen LogP contribution in [0.1, 0.15) is 24.2 Å². The number of pyridine rings is 1. The molecular weight excluding hydrogens is 356 g/mol. The Morgan fingerprint density at radius 1 is 1.27 bits per heavy atom. The van der Waals surface area contributed by atoms with Gasteiger partial charge in [0, 0.05) is 18.0 Å². The molecule has 0 radical (unpaired) electrons. The van der Waals surface area contributed by atoms with Gasteiger partial charge in [0.1, 0.15) is 5.03 Å². The number of esters is 1. The standard InChI is InChI=1S/C18H18N2O5S/c1-11(2)25-18(22)13-4-3-7-19-17(13)26-9-16(21)20-12-5-6-14-15(8-12)24-10-23-14/h3-8,11H,9-10H2,1-2H3,(H,20,21). The van der Waals surface area contributed by atoms with E-state index in [0.717, 1.165) is 0 Å². The number of thioether (sulfide) groups is 1. The van der Waals surface area contributed by atoms with Crippen LogP contribution in [0.15, 0.2) is 41.6 Å². The number of benzene rings is 1. The zero-order chi connectivity index (χ0) is 18.5. The summed E-state index contributed by atoms with van der Waals surface area (Å²) in [4.78, 5) is 28.5. The van der Waals surface area contributed by atoms with Crippen molar-refractivity contribution in [2.45, 2.75) is 25.0 Å². The molecule has 0 saturated heterocycles. The summed E-state index contributed by atoms with van der Waals surface area (Å²) in [5.41, 5.74) is 0.961. The number of anilines is 1. The number of nitrogens with zero attached hydrogens (tertiary/aromatic N) is 1. The van der Waals surface area contributed by atoms with E-state index in [1.54, 1.807) is 50.4 Å². The number of ether oxygens (including phenoxy) is 3. The highest BCUT2D eigenvalue weighted by molar-refractivity contribution is 8.00. The maximum atomic E-state index is 12.2. The summed E-state index contributed by atoms with van der Waals surface area (Å²) in [7, 11) is 0. The Morgan fingerprint density at radius 2 is 2.08 bits per heavy atom. The Kier molecular flexibility index (Phi) is 5.62. The van der Waals surface area contributed by atoms with E-state index in [-0.39, 0.29) is 24.6 Å². The van der Waals surface area contributed by atoms with Gasteiger partial charge in [-0.3, -0.25) is 4.79 Å². The SMILES string of the molecule is CC(C)OC(=O)c1cccnc1SCC(=O)Nc1ccc2c(c1)OCO2. The molecule has 8 heteroatoms. The average Bonchev–Trinajstić information content (AvgIpc) is 3.07. The van der Waals surface area contributed by atoms with E-state index in [2.05, 4.69) is 10.3 Å². The van der Waals surface area contributed by atoms with E-state index in [1.807, 2.05) is 0 Å². The van der Waals surface area contributed by atoms with Crippen LogP contribution in [0.25, 0.3) is 0 Å². The molecular formula is C18H18N2O5S. The van der Waals surface area contributed by atoms with Gasteiger partial charge in [-0.15, -0.1) is 0 Å². The Balaban J connectivity index is 1.60. The van der Waals surface area contributed by atoms with Gasteiger partial charge >= 0.3 is 5.97 Å². The first-order chi connectivity index (χ1) is 12.5. The highest BCUT2D eigenvalue weighted by Gasteiger charge is 2.17. The van der Waals surface area contributed by atoms with Crippen molar-refractivity contribution in [1.82, 2.24) is 4.98 Å². The van der Waals surface area contributed by atoms with Crippen LogP contribution in [0.5, 0.6) is 11.5 Å². The molecule has 2 aromatic rings. The number of hydrogen-bond acceptors (Lipinski definition) is 7. The Bertz CT molecular complexity index is 825. The average molecular weight is 374 g/mol. The first-order valence-corrected chi connectivity index (χ1v) is 9.00. The Labute approximate surface area is 155 Å². The fraction of sp³-hybridized carbons (Fsp3) is 0.278. The van der Waals surface area contributed by atoms with Crippen molar-refractivity contribution >= 4 is 29.3 Å². The van der Waals surface area contributed by atoms with Crippen molar-refractivity contribution in [3.63, 3.8) is 0 Å². The van der Waals surface area contributed by atoms with Crippen molar-refractivity contribution in [2.75, 3.05) is 17.9 Å². The van der Waals surface area contributed by atoms with E-state index in [9.17, 15) is 9.59 Å². The molecule has 1 aromatic carbocycles. The second-order valence-corrected chi connectivity index (χ2v) is 6.68. The smallest absolute Gasteiger partial charge is 0.341 e. The highest BCUT2D eigenvalue weighted by Crippen LogP contribution is 2.34. The second-order valence-electron chi connectivity index (χ2n) is 5.72. The van der Waals surface area contributed by atoms with E-state index in [1.165, 1.54) is 11.8 Å². The number of carbonyl (C=O) groups is 2. The number of fused-ring (bicyclic) bond motifs is 1. The van der Waals surface area contributed by atoms with Gasteiger partial charge in [-0.1, -0.05) is 11.8 Å². The number of carbonyl (C=O) groups excluding carboxylic acids is 2. The largest absolute Gasteiger partial charge is 0.459 e. The lowest BCUT2D eigenvalue weighted by Gasteiger charge is -2.11. The zero-order valence-electron chi connectivity index (χ0n) is 14.4. The van der Waals surface area contributed by atoms with E-state index < -0.39 is 5.97 Å². The number of aromatic nitrogens is 1. The first kappa shape index (κ1) is 18.1. The number of nitrogens with one attached hydrogen (secondary N) is 1. The predicted octanol–water partition coefficient (Wildman–Crippen LogP) is 3.11. The van der Waals surface area contributed by atoms with Crippen molar-refractivity contribution in [1.29, 1.82) is 0 Å². The second kappa shape index (κ2) is 8.09. The normalized spacial score (nSPS) is 12.1. The van der Waals surface area contributed by atoms with Crippen molar-refractivity contribution in [2.24, 2.45) is 0 Å². The molecule has 0 bridgehead atoms. The Hall–Kier alpha value is -2.74. The van der Waals surface area contributed by atoms with Gasteiger partial charge in [0.05, 0.1) is 17.4 Å². The summed E-state index contributed by atoms with van der Waals surface area (Å²) in [6, 6.07) is 8.48. The van der Waals surface area contributed by atoms with Crippen molar-refractivity contribution < 1.29 is 23.8 Å².